The molecule has 1 fully saturated rings. The predicted octanol–water partition coefficient (Wildman–Crippen LogP) is 3.75. The van der Waals surface area contributed by atoms with E-state index >= 15 is 0 Å². The monoisotopic (exact) mass is 322 g/mol. The van der Waals surface area contributed by atoms with Crippen LogP contribution in [0.4, 0.5) is 18.9 Å². The van der Waals surface area contributed by atoms with Crippen LogP contribution in [0, 0.1) is 5.92 Å². The largest absolute Gasteiger partial charge is 0.391 e. The number of hydrogen-bond donors (Lipinski definition) is 1. The molecule has 1 aliphatic rings. The highest BCUT2D eigenvalue weighted by Crippen LogP contribution is 2.36. The van der Waals surface area contributed by atoms with Crippen LogP contribution in [-0.4, -0.2) is 24.3 Å². The predicted molar refractivity (Wildman–Crippen MR) is 78.3 cm³/mol. The SMILES string of the molecule is NC(=S)c1ccc(Cl)cc1N1CCC(C(F)(F)F)CC1. The zero-order chi connectivity index (χ0) is 14.9. The maximum atomic E-state index is 12.7. The molecule has 110 valence electrons. The summed E-state index contributed by atoms with van der Waals surface area (Å²) in [6.07, 6.45) is -3.97. The van der Waals surface area contributed by atoms with E-state index in [9.17, 15) is 13.2 Å². The zero-order valence-corrected chi connectivity index (χ0v) is 12.2. The maximum absolute atomic E-state index is 12.7. The molecule has 0 radical (unpaired) electrons. The lowest BCUT2D eigenvalue weighted by Crippen LogP contribution is -2.39. The van der Waals surface area contributed by atoms with Gasteiger partial charge in [0.25, 0.3) is 0 Å². The molecular weight excluding hydrogens is 309 g/mol. The van der Waals surface area contributed by atoms with Gasteiger partial charge in [-0.2, -0.15) is 13.2 Å². The van der Waals surface area contributed by atoms with E-state index in [2.05, 4.69) is 0 Å². The summed E-state index contributed by atoms with van der Waals surface area (Å²) < 4.78 is 38.0. The van der Waals surface area contributed by atoms with Crippen LogP contribution in [0.3, 0.4) is 0 Å². The summed E-state index contributed by atoms with van der Waals surface area (Å²) in [7, 11) is 0. The van der Waals surface area contributed by atoms with Crippen molar-refractivity contribution in [3.05, 3.63) is 28.8 Å². The number of hydrogen-bond acceptors (Lipinski definition) is 2. The first-order valence-electron chi connectivity index (χ1n) is 6.20. The molecule has 0 aliphatic carbocycles. The number of thiocarbonyl (C=S) groups is 1. The number of alkyl halides is 3. The first-order chi connectivity index (χ1) is 9.29. The van der Waals surface area contributed by atoms with E-state index in [0.29, 0.717) is 29.4 Å². The third kappa shape index (κ3) is 3.35. The minimum Gasteiger partial charge on any atom is -0.389 e. The minimum atomic E-state index is -4.12. The second-order valence-corrected chi connectivity index (χ2v) is 5.70. The van der Waals surface area contributed by atoms with E-state index in [1.54, 1.807) is 18.2 Å². The van der Waals surface area contributed by atoms with Crippen molar-refractivity contribution in [2.45, 2.75) is 19.0 Å². The Bertz CT molecular complexity index is 511. The summed E-state index contributed by atoms with van der Waals surface area (Å²) in [4.78, 5) is 2.08. The quantitative estimate of drug-likeness (QED) is 0.841. The molecule has 7 heteroatoms. The molecule has 20 heavy (non-hydrogen) atoms. The van der Waals surface area contributed by atoms with Crippen molar-refractivity contribution in [3.8, 4) is 0 Å². The van der Waals surface area contributed by atoms with Crippen molar-refractivity contribution in [1.82, 2.24) is 0 Å². The molecular formula is C13H14ClF3N2S. The Labute approximate surface area is 125 Å². The van der Waals surface area contributed by atoms with Crippen LogP contribution in [0.15, 0.2) is 18.2 Å². The zero-order valence-electron chi connectivity index (χ0n) is 10.6. The van der Waals surface area contributed by atoms with Gasteiger partial charge in [-0.3, -0.25) is 0 Å². The molecule has 0 unspecified atom stereocenters. The number of rotatable bonds is 2. The molecule has 2 nitrogen and oxygen atoms in total. The van der Waals surface area contributed by atoms with Crippen LogP contribution >= 0.6 is 23.8 Å². The number of halogens is 4. The third-order valence-electron chi connectivity index (χ3n) is 3.52. The first-order valence-corrected chi connectivity index (χ1v) is 6.98. The number of piperidine rings is 1. The van der Waals surface area contributed by atoms with Crippen LogP contribution in [0.2, 0.25) is 5.02 Å². The average Bonchev–Trinajstić information content (AvgIpc) is 2.37. The van der Waals surface area contributed by atoms with Gasteiger partial charge < -0.3 is 10.6 Å². The lowest BCUT2D eigenvalue weighted by molar-refractivity contribution is -0.179. The second-order valence-electron chi connectivity index (χ2n) is 4.83. The van der Waals surface area contributed by atoms with Crippen molar-refractivity contribution in [2.24, 2.45) is 11.7 Å². The summed E-state index contributed by atoms with van der Waals surface area (Å²) in [5, 5.41) is 0.512. The van der Waals surface area contributed by atoms with E-state index in [4.69, 9.17) is 29.6 Å². The third-order valence-corrected chi connectivity index (χ3v) is 3.98. The summed E-state index contributed by atoms with van der Waals surface area (Å²) in [6, 6.07) is 5.07. The van der Waals surface area contributed by atoms with Crippen LogP contribution in [0.25, 0.3) is 0 Å². The molecule has 2 N–H and O–H groups in total. The van der Waals surface area contributed by atoms with E-state index in [1.807, 2.05) is 4.90 Å². The van der Waals surface area contributed by atoms with Crippen molar-refractivity contribution < 1.29 is 13.2 Å². The van der Waals surface area contributed by atoms with E-state index in [1.165, 1.54) is 0 Å². The summed E-state index contributed by atoms with van der Waals surface area (Å²) in [6.45, 7) is 0.639. The molecule has 1 saturated heterocycles. The topological polar surface area (TPSA) is 29.3 Å². The smallest absolute Gasteiger partial charge is 0.389 e. The van der Waals surface area contributed by atoms with Gasteiger partial charge in [-0.25, -0.2) is 0 Å². The van der Waals surface area contributed by atoms with Crippen LogP contribution in [0.1, 0.15) is 18.4 Å². The lowest BCUT2D eigenvalue weighted by atomic mass is 9.95. The van der Waals surface area contributed by atoms with Gasteiger partial charge in [0.15, 0.2) is 0 Å². The summed E-state index contributed by atoms with van der Waals surface area (Å²) >= 11 is 10.9. The molecule has 1 heterocycles. The van der Waals surface area contributed by atoms with Gasteiger partial charge in [-0.15, -0.1) is 0 Å². The minimum absolute atomic E-state index is 0.0762. The summed E-state index contributed by atoms with van der Waals surface area (Å²) in [5.74, 6) is -1.23. The van der Waals surface area contributed by atoms with Crippen LogP contribution in [0.5, 0.6) is 0 Å². The maximum Gasteiger partial charge on any atom is 0.391 e. The van der Waals surface area contributed by atoms with Gasteiger partial charge in [0, 0.05) is 29.4 Å². The highest BCUT2D eigenvalue weighted by atomic mass is 35.5. The van der Waals surface area contributed by atoms with Gasteiger partial charge >= 0.3 is 6.18 Å². The van der Waals surface area contributed by atoms with E-state index < -0.39 is 12.1 Å². The summed E-state index contributed by atoms with van der Waals surface area (Å²) in [5.41, 5.74) is 7.01. The molecule has 2 rings (SSSR count). The number of nitrogens with two attached hydrogens (primary N) is 1. The Morgan fingerprint density at radius 2 is 1.90 bits per heavy atom. The Balaban J connectivity index is 2.18. The molecule has 0 bridgehead atoms. The Morgan fingerprint density at radius 3 is 2.40 bits per heavy atom. The van der Waals surface area contributed by atoms with Crippen molar-refractivity contribution in [3.63, 3.8) is 0 Å². The fourth-order valence-corrected chi connectivity index (χ4v) is 2.76. The van der Waals surface area contributed by atoms with Crippen molar-refractivity contribution >= 4 is 34.5 Å². The van der Waals surface area contributed by atoms with Gasteiger partial charge in [0.1, 0.15) is 4.99 Å². The molecule has 1 aliphatic heterocycles. The number of anilines is 1. The molecule has 0 spiro atoms. The normalized spacial score (nSPS) is 17.3. The molecule has 0 saturated carbocycles. The fourth-order valence-electron chi connectivity index (χ4n) is 2.42. The lowest BCUT2D eigenvalue weighted by Gasteiger charge is -2.35. The highest BCUT2D eigenvalue weighted by Gasteiger charge is 2.41. The molecule has 1 aromatic rings. The molecule has 0 atom stereocenters. The van der Waals surface area contributed by atoms with Gasteiger partial charge in [-0.05, 0) is 31.0 Å². The Morgan fingerprint density at radius 1 is 1.30 bits per heavy atom. The first kappa shape index (κ1) is 15.4. The second kappa shape index (κ2) is 5.77. The van der Waals surface area contributed by atoms with Crippen LogP contribution < -0.4 is 10.6 Å². The fraction of sp³-hybridized carbons (Fsp3) is 0.462. The van der Waals surface area contributed by atoms with Gasteiger partial charge in [-0.1, -0.05) is 23.8 Å². The van der Waals surface area contributed by atoms with Crippen LogP contribution in [-0.2, 0) is 0 Å². The highest BCUT2D eigenvalue weighted by molar-refractivity contribution is 7.80. The number of benzene rings is 1. The van der Waals surface area contributed by atoms with Gasteiger partial charge in [0.05, 0.1) is 5.92 Å². The standard InChI is InChI=1S/C13H14ClF3N2S/c14-9-1-2-10(12(18)20)11(7-9)19-5-3-8(4-6-19)13(15,16)17/h1-2,7-8H,3-6H2,(H2,18,20). The van der Waals surface area contributed by atoms with Crippen molar-refractivity contribution in [1.29, 1.82) is 0 Å². The Hall–Kier alpha value is -1.01. The molecule has 0 aromatic heterocycles. The Kier molecular flexibility index (Phi) is 4.44. The van der Waals surface area contributed by atoms with Crippen molar-refractivity contribution in [2.75, 3.05) is 18.0 Å². The van der Waals surface area contributed by atoms with Gasteiger partial charge in [0.2, 0.25) is 0 Å². The molecule has 1 aromatic carbocycles. The average molecular weight is 323 g/mol. The van der Waals surface area contributed by atoms with E-state index in [-0.39, 0.29) is 17.8 Å². The molecule has 0 amide bonds. The van der Waals surface area contributed by atoms with E-state index in [0.717, 1.165) is 0 Å². The number of nitrogens with zero attached hydrogens (tertiary/aromatic N) is 1.